The van der Waals surface area contributed by atoms with Gasteiger partial charge < -0.3 is 9.84 Å². The van der Waals surface area contributed by atoms with E-state index in [1.165, 1.54) is 18.3 Å². The van der Waals surface area contributed by atoms with Crippen LogP contribution in [0.2, 0.25) is 0 Å². The number of fused-ring (bicyclic) bond motifs is 1. The van der Waals surface area contributed by atoms with Crippen molar-refractivity contribution in [1.29, 1.82) is 0 Å². The Kier molecular flexibility index (Phi) is 5.38. The normalized spacial score (nSPS) is 14.1. The highest BCUT2D eigenvalue weighted by Gasteiger charge is 2.25. The highest BCUT2D eigenvalue weighted by molar-refractivity contribution is 6.07. The molecule has 0 bridgehead atoms. The minimum Gasteiger partial charge on any atom is -0.481 e. The number of rotatable bonds is 5. The Morgan fingerprint density at radius 2 is 1.77 bits per heavy atom. The molecular weight excluding hydrogens is 400 g/mol. The monoisotopic (exact) mass is 419 g/mol. The summed E-state index contributed by atoms with van der Waals surface area (Å²) in [6.07, 6.45) is 3.09. The quantitative estimate of drug-likeness (QED) is 0.496. The van der Waals surface area contributed by atoms with Crippen LogP contribution in [0.15, 0.2) is 60.3 Å². The van der Waals surface area contributed by atoms with Crippen molar-refractivity contribution in [3.63, 3.8) is 0 Å². The fourth-order valence-electron chi connectivity index (χ4n) is 3.66. The maximum absolute atomic E-state index is 13.8. The van der Waals surface area contributed by atoms with Crippen LogP contribution in [0.4, 0.5) is 8.78 Å². The second-order valence-electron chi connectivity index (χ2n) is 7.37. The van der Waals surface area contributed by atoms with Crippen LogP contribution in [0.3, 0.4) is 0 Å². The van der Waals surface area contributed by atoms with Crippen LogP contribution in [0.25, 0.3) is 17.2 Å². The molecule has 0 spiro atoms. The molecule has 0 saturated carbocycles. The summed E-state index contributed by atoms with van der Waals surface area (Å²) >= 11 is 0. The molecule has 1 aliphatic carbocycles. The molecule has 0 fully saturated rings. The van der Waals surface area contributed by atoms with Gasteiger partial charge in [0.25, 0.3) is 0 Å². The third kappa shape index (κ3) is 4.23. The summed E-state index contributed by atoms with van der Waals surface area (Å²) < 4.78 is 32.8. The number of aliphatic carboxylic acids is 1. The van der Waals surface area contributed by atoms with E-state index < -0.39 is 17.7 Å². The largest absolute Gasteiger partial charge is 0.481 e. The number of nitrogens with zero attached hydrogens (tertiary/aromatic N) is 1. The molecule has 0 aliphatic heterocycles. The van der Waals surface area contributed by atoms with Gasteiger partial charge in [-0.2, -0.15) is 4.39 Å². The number of carboxylic acid groups (broad SMARTS) is 1. The number of ether oxygens (including phenoxy) is 1. The lowest BCUT2D eigenvalue weighted by Crippen LogP contribution is -1.97. The number of carboxylic acids is 1. The first-order valence-electron chi connectivity index (χ1n) is 9.66. The first kappa shape index (κ1) is 20.5. The van der Waals surface area contributed by atoms with Crippen LogP contribution in [-0.2, 0) is 4.79 Å². The molecule has 31 heavy (non-hydrogen) atoms. The van der Waals surface area contributed by atoms with Crippen molar-refractivity contribution >= 4 is 23.2 Å². The van der Waals surface area contributed by atoms with E-state index in [-0.39, 0.29) is 6.42 Å². The zero-order chi connectivity index (χ0) is 22.1. The van der Waals surface area contributed by atoms with Crippen molar-refractivity contribution in [2.75, 3.05) is 0 Å². The molecular formula is C25H19F2NO3. The van der Waals surface area contributed by atoms with Gasteiger partial charge in [0.05, 0.1) is 12.6 Å². The van der Waals surface area contributed by atoms with E-state index in [0.29, 0.717) is 28.2 Å². The Balaban J connectivity index is 1.64. The predicted molar refractivity (Wildman–Crippen MR) is 115 cm³/mol. The Morgan fingerprint density at radius 3 is 2.45 bits per heavy atom. The average molecular weight is 419 g/mol. The molecule has 1 aliphatic rings. The van der Waals surface area contributed by atoms with E-state index in [1.807, 2.05) is 25.1 Å². The Labute approximate surface area is 178 Å². The number of pyridine rings is 1. The van der Waals surface area contributed by atoms with E-state index >= 15 is 0 Å². The summed E-state index contributed by atoms with van der Waals surface area (Å²) in [4.78, 5) is 15.0. The van der Waals surface area contributed by atoms with Crippen LogP contribution in [0.5, 0.6) is 11.5 Å². The Bertz CT molecular complexity index is 1240. The van der Waals surface area contributed by atoms with Gasteiger partial charge in [-0.3, -0.25) is 4.79 Å². The predicted octanol–water partition coefficient (Wildman–Crippen LogP) is 6.26. The summed E-state index contributed by atoms with van der Waals surface area (Å²) in [5.41, 5.74) is 4.99. The summed E-state index contributed by atoms with van der Waals surface area (Å²) in [7, 11) is 0. The number of halogens is 2. The van der Waals surface area contributed by atoms with Gasteiger partial charge in [0, 0.05) is 5.56 Å². The highest BCUT2D eigenvalue weighted by atomic mass is 19.1. The molecule has 0 amide bonds. The molecule has 0 atom stereocenters. The number of hydrogen-bond acceptors (Lipinski definition) is 3. The molecule has 3 aromatic rings. The van der Waals surface area contributed by atoms with Crippen LogP contribution in [-0.4, -0.2) is 16.1 Å². The molecule has 156 valence electrons. The van der Waals surface area contributed by atoms with Crippen LogP contribution >= 0.6 is 0 Å². The molecule has 0 radical (unpaired) electrons. The van der Waals surface area contributed by atoms with E-state index in [4.69, 9.17) is 4.74 Å². The van der Waals surface area contributed by atoms with Crippen molar-refractivity contribution in [3.8, 4) is 11.5 Å². The molecule has 1 aromatic heterocycles. The lowest BCUT2D eigenvalue weighted by atomic mass is 10.0. The van der Waals surface area contributed by atoms with Crippen LogP contribution < -0.4 is 4.74 Å². The minimum atomic E-state index is -0.960. The van der Waals surface area contributed by atoms with Gasteiger partial charge in [-0.1, -0.05) is 18.2 Å². The molecule has 6 heteroatoms. The first-order chi connectivity index (χ1) is 14.8. The summed E-state index contributed by atoms with van der Waals surface area (Å²) in [5, 5.41) is 9.26. The third-order valence-electron chi connectivity index (χ3n) is 5.20. The Morgan fingerprint density at radius 1 is 1.03 bits per heavy atom. The summed E-state index contributed by atoms with van der Waals surface area (Å²) in [6.45, 7) is 3.47. The third-order valence-corrected chi connectivity index (χ3v) is 5.20. The summed E-state index contributed by atoms with van der Waals surface area (Å²) in [5.74, 6) is -0.881. The highest BCUT2D eigenvalue weighted by Crippen LogP contribution is 2.43. The minimum absolute atomic E-state index is 0.169. The van der Waals surface area contributed by atoms with Gasteiger partial charge in [0.15, 0.2) is 0 Å². The van der Waals surface area contributed by atoms with Gasteiger partial charge in [-0.15, -0.1) is 0 Å². The number of carbonyl (C=O) groups is 1. The van der Waals surface area contributed by atoms with Crippen LogP contribution in [0.1, 0.15) is 35.6 Å². The lowest BCUT2D eigenvalue weighted by molar-refractivity contribution is -0.135. The SMILES string of the molecule is CC1=C(CC(=O)O)c2cc(F)ccc2/C1=C\c1ccc(Oc2cnc(F)c(C)c2)cc1. The van der Waals surface area contributed by atoms with Gasteiger partial charge >= 0.3 is 5.97 Å². The van der Waals surface area contributed by atoms with Crippen molar-refractivity contribution in [3.05, 3.63) is 94.3 Å². The van der Waals surface area contributed by atoms with Gasteiger partial charge in [0.2, 0.25) is 5.95 Å². The van der Waals surface area contributed by atoms with E-state index in [1.54, 1.807) is 31.2 Å². The molecule has 2 aromatic carbocycles. The number of aryl methyl sites for hydroxylation is 1. The van der Waals surface area contributed by atoms with E-state index in [0.717, 1.165) is 22.3 Å². The number of hydrogen-bond donors (Lipinski definition) is 1. The molecule has 4 rings (SSSR count). The number of allylic oxidation sites excluding steroid dienone is 2. The Hall–Kier alpha value is -3.80. The summed E-state index contributed by atoms with van der Waals surface area (Å²) in [6, 6.07) is 13.3. The molecule has 0 unspecified atom stereocenters. The van der Waals surface area contributed by atoms with Crippen molar-refractivity contribution in [2.45, 2.75) is 20.3 Å². The maximum atomic E-state index is 13.8. The van der Waals surface area contributed by atoms with Gasteiger partial charge in [0.1, 0.15) is 17.3 Å². The topological polar surface area (TPSA) is 59.4 Å². The van der Waals surface area contributed by atoms with Crippen LogP contribution in [0, 0.1) is 18.7 Å². The average Bonchev–Trinajstić information content (AvgIpc) is 2.97. The standard InChI is InChI=1S/C25H19F2NO3/c1-14-9-19(13-28-25(14)27)31-18-6-3-16(4-7-18)10-21-15(2)22(12-24(29)30)23-11-17(26)5-8-20(21)23/h3-11,13H,12H2,1-2H3,(H,29,30)/b21-10-. The second-order valence-corrected chi connectivity index (χ2v) is 7.37. The zero-order valence-corrected chi connectivity index (χ0v) is 16.9. The van der Waals surface area contributed by atoms with E-state index in [9.17, 15) is 18.7 Å². The zero-order valence-electron chi connectivity index (χ0n) is 16.9. The van der Waals surface area contributed by atoms with Crippen molar-refractivity contribution in [2.24, 2.45) is 0 Å². The maximum Gasteiger partial charge on any atom is 0.307 e. The van der Waals surface area contributed by atoms with Crippen molar-refractivity contribution in [1.82, 2.24) is 4.98 Å². The molecule has 1 N–H and O–H groups in total. The van der Waals surface area contributed by atoms with Gasteiger partial charge in [-0.05, 0) is 83.7 Å². The number of benzene rings is 2. The van der Waals surface area contributed by atoms with Crippen molar-refractivity contribution < 1.29 is 23.4 Å². The second kappa shape index (κ2) is 8.14. The molecule has 1 heterocycles. The van der Waals surface area contributed by atoms with E-state index in [2.05, 4.69) is 4.98 Å². The number of aromatic nitrogens is 1. The smallest absolute Gasteiger partial charge is 0.307 e. The molecule has 0 saturated heterocycles. The fourth-order valence-corrected chi connectivity index (χ4v) is 3.66. The lowest BCUT2D eigenvalue weighted by Gasteiger charge is -2.08. The fraction of sp³-hybridized carbons (Fsp3) is 0.120. The first-order valence-corrected chi connectivity index (χ1v) is 9.66. The van der Waals surface area contributed by atoms with Gasteiger partial charge in [-0.25, -0.2) is 9.37 Å². The molecule has 4 nitrogen and oxygen atoms in total.